The zero-order valence-electron chi connectivity index (χ0n) is 12.1. The van der Waals surface area contributed by atoms with Crippen LogP contribution in [0.15, 0.2) is 24.3 Å². The Hall–Kier alpha value is -1.63. The summed E-state index contributed by atoms with van der Waals surface area (Å²) in [5.74, 6) is 0. The molecule has 2 aliphatic heterocycles. The summed E-state index contributed by atoms with van der Waals surface area (Å²) in [6, 6.07) is 7.57. The topological polar surface area (TPSA) is 60.0 Å². The Morgan fingerprint density at radius 3 is 2.81 bits per heavy atom. The van der Waals surface area contributed by atoms with Crippen molar-refractivity contribution in [3.8, 4) is 0 Å². The molecule has 2 heterocycles. The lowest BCUT2D eigenvalue weighted by Gasteiger charge is -2.23. The highest BCUT2D eigenvalue weighted by atomic mass is 16.7. The number of benzene rings is 1. The van der Waals surface area contributed by atoms with Crippen LogP contribution < -0.4 is 5.32 Å². The zero-order chi connectivity index (χ0) is 14.7. The van der Waals surface area contributed by atoms with Gasteiger partial charge < -0.3 is 24.4 Å². The van der Waals surface area contributed by atoms with Crippen molar-refractivity contribution in [1.29, 1.82) is 0 Å². The van der Waals surface area contributed by atoms with Gasteiger partial charge in [0.05, 0.1) is 25.9 Å². The number of nitrogens with zero attached hydrogens (tertiary/aromatic N) is 1. The second kappa shape index (κ2) is 6.43. The van der Waals surface area contributed by atoms with Gasteiger partial charge in [-0.1, -0.05) is 12.1 Å². The summed E-state index contributed by atoms with van der Waals surface area (Å²) in [7, 11) is 1.79. The van der Waals surface area contributed by atoms with E-state index in [0.29, 0.717) is 26.4 Å². The third kappa shape index (κ3) is 3.34. The van der Waals surface area contributed by atoms with Crippen molar-refractivity contribution in [2.75, 3.05) is 38.8 Å². The van der Waals surface area contributed by atoms with Gasteiger partial charge >= 0.3 is 6.03 Å². The number of anilines is 1. The second-order valence-electron chi connectivity index (χ2n) is 5.26. The van der Waals surface area contributed by atoms with Crippen LogP contribution in [0.5, 0.6) is 0 Å². The van der Waals surface area contributed by atoms with Crippen molar-refractivity contribution in [3.05, 3.63) is 29.8 Å². The Morgan fingerprint density at radius 2 is 2.10 bits per heavy atom. The summed E-state index contributed by atoms with van der Waals surface area (Å²) in [6.07, 6.45) is 0.552. The van der Waals surface area contributed by atoms with Gasteiger partial charge in [-0.25, -0.2) is 4.79 Å². The van der Waals surface area contributed by atoms with Gasteiger partial charge in [0.2, 0.25) is 0 Å². The second-order valence-corrected chi connectivity index (χ2v) is 5.26. The molecular formula is C15H20N2O4. The summed E-state index contributed by atoms with van der Waals surface area (Å²) in [5, 5.41) is 2.90. The lowest BCUT2D eigenvalue weighted by molar-refractivity contribution is -0.0440. The van der Waals surface area contributed by atoms with E-state index in [1.807, 2.05) is 24.3 Å². The van der Waals surface area contributed by atoms with Gasteiger partial charge in [-0.3, -0.25) is 0 Å². The number of carbonyl (C=O) groups is 1. The normalized spacial score (nSPS) is 22.4. The predicted molar refractivity (Wildman–Crippen MR) is 77.1 cm³/mol. The first-order chi connectivity index (χ1) is 10.2. The number of nitrogens with one attached hydrogen (secondary N) is 1. The van der Waals surface area contributed by atoms with Gasteiger partial charge in [-0.2, -0.15) is 0 Å². The molecule has 3 rings (SSSR count). The first-order valence-corrected chi connectivity index (χ1v) is 7.19. The molecule has 2 saturated heterocycles. The maximum absolute atomic E-state index is 12.2. The van der Waals surface area contributed by atoms with Gasteiger partial charge in [0.25, 0.3) is 0 Å². The molecule has 0 saturated carbocycles. The van der Waals surface area contributed by atoms with Crippen molar-refractivity contribution >= 4 is 11.7 Å². The van der Waals surface area contributed by atoms with Crippen molar-refractivity contribution < 1.29 is 19.0 Å². The highest BCUT2D eigenvalue weighted by Crippen LogP contribution is 2.25. The van der Waals surface area contributed by atoms with E-state index >= 15 is 0 Å². The molecule has 6 nitrogen and oxygen atoms in total. The first kappa shape index (κ1) is 14.3. The van der Waals surface area contributed by atoms with Crippen LogP contribution in [-0.4, -0.2) is 50.4 Å². The van der Waals surface area contributed by atoms with Crippen LogP contribution in [-0.2, 0) is 14.2 Å². The molecule has 6 heteroatoms. The van der Waals surface area contributed by atoms with E-state index in [1.165, 1.54) is 0 Å². The van der Waals surface area contributed by atoms with Gasteiger partial charge in [0.15, 0.2) is 6.29 Å². The molecule has 1 aromatic carbocycles. The van der Waals surface area contributed by atoms with Crippen LogP contribution in [0.25, 0.3) is 0 Å². The number of ether oxygens (including phenoxy) is 3. The summed E-state index contributed by atoms with van der Waals surface area (Å²) < 4.78 is 16.2. The fourth-order valence-electron chi connectivity index (χ4n) is 2.52. The van der Waals surface area contributed by atoms with E-state index in [9.17, 15) is 4.79 Å². The molecular weight excluding hydrogens is 272 g/mol. The third-order valence-electron chi connectivity index (χ3n) is 3.81. The smallest absolute Gasteiger partial charge is 0.321 e. The molecule has 1 aromatic rings. The minimum absolute atomic E-state index is 0.129. The third-order valence-corrected chi connectivity index (χ3v) is 3.81. The number of hydrogen-bond acceptors (Lipinski definition) is 4. The van der Waals surface area contributed by atoms with Crippen molar-refractivity contribution in [3.63, 3.8) is 0 Å². The molecule has 0 unspecified atom stereocenters. The Bertz CT molecular complexity index is 496. The number of amides is 2. The predicted octanol–water partition coefficient (Wildman–Crippen LogP) is 1.98. The van der Waals surface area contributed by atoms with Crippen LogP contribution >= 0.6 is 0 Å². The van der Waals surface area contributed by atoms with Crippen molar-refractivity contribution in [1.82, 2.24) is 4.90 Å². The summed E-state index contributed by atoms with van der Waals surface area (Å²) in [5.41, 5.74) is 1.65. The molecule has 114 valence electrons. The Kier molecular flexibility index (Phi) is 4.38. The summed E-state index contributed by atoms with van der Waals surface area (Å²) in [4.78, 5) is 13.9. The van der Waals surface area contributed by atoms with Crippen LogP contribution in [0.2, 0.25) is 0 Å². The molecule has 2 fully saturated rings. The highest BCUT2D eigenvalue weighted by molar-refractivity contribution is 5.89. The molecule has 1 N–H and O–H groups in total. The monoisotopic (exact) mass is 292 g/mol. The van der Waals surface area contributed by atoms with Gasteiger partial charge in [0, 0.05) is 24.9 Å². The number of rotatable bonds is 3. The van der Waals surface area contributed by atoms with Gasteiger partial charge in [0.1, 0.15) is 0 Å². The average Bonchev–Trinajstić information content (AvgIpc) is 3.20. The van der Waals surface area contributed by atoms with E-state index in [0.717, 1.165) is 17.7 Å². The molecule has 2 aliphatic rings. The largest absolute Gasteiger partial charge is 0.379 e. The Morgan fingerprint density at radius 1 is 1.29 bits per heavy atom. The maximum atomic E-state index is 12.2. The van der Waals surface area contributed by atoms with E-state index in [2.05, 4.69) is 5.32 Å². The van der Waals surface area contributed by atoms with E-state index in [-0.39, 0.29) is 18.4 Å². The number of likely N-dealkylation sites (N-methyl/N-ethyl adjacent to an activating group) is 1. The number of urea groups is 1. The average molecular weight is 292 g/mol. The molecule has 2 amide bonds. The Labute approximate surface area is 124 Å². The number of carbonyl (C=O) groups excluding carboxylic acids is 1. The van der Waals surface area contributed by atoms with Gasteiger partial charge in [-0.05, 0) is 18.6 Å². The minimum atomic E-state index is -0.331. The SMILES string of the molecule is CN(C(=O)Nc1cccc(C2OCCO2)c1)[C@H]1CCOC1. The highest BCUT2D eigenvalue weighted by Gasteiger charge is 2.24. The quantitative estimate of drug-likeness (QED) is 0.925. The molecule has 0 bridgehead atoms. The summed E-state index contributed by atoms with van der Waals surface area (Å²) >= 11 is 0. The standard InChI is InChI=1S/C15H20N2O4/c1-17(13-5-6-19-10-13)15(18)16-12-4-2-3-11(9-12)14-20-7-8-21-14/h2-4,9,13-14H,5-8,10H2,1H3,(H,16,18)/t13-/m0/s1. The van der Waals surface area contributed by atoms with Crippen molar-refractivity contribution in [2.24, 2.45) is 0 Å². The number of hydrogen-bond donors (Lipinski definition) is 1. The molecule has 0 radical (unpaired) electrons. The molecule has 0 aliphatic carbocycles. The Balaban J connectivity index is 1.63. The summed E-state index contributed by atoms with van der Waals surface area (Å²) in [6.45, 7) is 2.53. The van der Waals surface area contributed by atoms with Crippen LogP contribution in [0.4, 0.5) is 10.5 Å². The van der Waals surface area contributed by atoms with Gasteiger partial charge in [-0.15, -0.1) is 0 Å². The zero-order valence-corrected chi connectivity index (χ0v) is 12.1. The fraction of sp³-hybridized carbons (Fsp3) is 0.533. The van der Waals surface area contributed by atoms with E-state index < -0.39 is 0 Å². The lowest BCUT2D eigenvalue weighted by Crippen LogP contribution is -2.40. The van der Waals surface area contributed by atoms with Crippen molar-refractivity contribution in [2.45, 2.75) is 18.8 Å². The molecule has 0 aromatic heterocycles. The molecule has 0 spiro atoms. The fourth-order valence-corrected chi connectivity index (χ4v) is 2.52. The van der Waals surface area contributed by atoms with E-state index in [1.54, 1.807) is 11.9 Å². The molecule has 21 heavy (non-hydrogen) atoms. The van der Waals surface area contributed by atoms with E-state index in [4.69, 9.17) is 14.2 Å². The lowest BCUT2D eigenvalue weighted by atomic mass is 10.2. The minimum Gasteiger partial charge on any atom is -0.379 e. The van der Waals surface area contributed by atoms with Crippen LogP contribution in [0.1, 0.15) is 18.3 Å². The first-order valence-electron chi connectivity index (χ1n) is 7.19. The maximum Gasteiger partial charge on any atom is 0.321 e. The van der Waals surface area contributed by atoms with Crippen LogP contribution in [0, 0.1) is 0 Å². The van der Waals surface area contributed by atoms with Crippen LogP contribution in [0.3, 0.4) is 0 Å². The molecule has 1 atom stereocenters.